The standard InChI is InChI=1S/C25H25N5O2/c1-15-16(2)28-29-23(15)22(31)11-17-10-20-13-21(27-24(20)26-14-17)18-6-5-7-19(12-18)25(32)30-8-3-4-9-30/h5-7,10,12-14H,3-4,8-9,11H2,1-2H3,(H,26,27)(H,28,29). The van der Waals surface area contributed by atoms with E-state index in [2.05, 4.69) is 20.2 Å². The number of aromatic nitrogens is 4. The molecule has 7 heteroatoms. The average Bonchev–Trinajstić information content (AvgIpc) is 3.54. The van der Waals surface area contributed by atoms with Crippen LogP contribution in [0.5, 0.6) is 0 Å². The number of H-pyrrole nitrogens is 2. The molecule has 32 heavy (non-hydrogen) atoms. The first-order valence-electron chi connectivity index (χ1n) is 10.9. The minimum absolute atomic E-state index is 0.0307. The molecule has 0 bridgehead atoms. The first-order chi connectivity index (χ1) is 15.5. The third kappa shape index (κ3) is 3.70. The first kappa shape index (κ1) is 20.2. The van der Waals surface area contributed by atoms with Crippen LogP contribution in [0.15, 0.2) is 42.6 Å². The molecular weight excluding hydrogens is 402 g/mol. The van der Waals surface area contributed by atoms with Crippen LogP contribution in [-0.4, -0.2) is 49.8 Å². The van der Waals surface area contributed by atoms with Gasteiger partial charge in [-0.15, -0.1) is 0 Å². The maximum atomic E-state index is 12.8. The monoisotopic (exact) mass is 427 g/mol. The summed E-state index contributed by atoms with van der Waals surface area (Å²) in [5, 5.41) is 7.93. The minimum Gasteiger partial charge on any atom is -0.339 e. The van der Waals surface area contributed by atoms with Gasteiger partial charge < -0.3 is 9.88 Å². The number of nitrogens with one attached hydrogen (secondary N) is 2. The summed E-state index contributed by atoms with van der Waals surface area (Å²) in [4.78, 5) is 35.2. The molecule has 5 rings (SSSR count). The third-order valence-corrected chi connectivity index (χ3v) is 6.22. The Hall–Kier alpha value is -3.74. The molecule has 1 saturated heterocycles. The zero-order chi connectivity index (χ0) is 22.2. The van der Waals surface area contributed by atoms with E-state index >= 15 is 0 Å². The fourth-order valence-corrected chi connectivity index (χ4v) is 4.26. The lowest BCUT2D eigenvalue weighted by Gasteiger charge is -2.15. The van der Waals surface area contributed by atoms with Crippen LogP contribution in [-0.2, 0) is 6.42 Å². The predicted octanol–water partition coefficient (Wildman–Crippen LogP) is 4.23. The van der Waals surface area contributed by atoms with Gasteiger partial charge in [0.15, 0.2) is 5.78 Å². The molecule has 1 aliphatic heterocycles. The fraction of sp³-hybridized carbons (Fsp3) is 0.280. The predicted molar refractivity (Wildman–Crippen MR) is 123 cm³/mol. The molecule has 0 atom stereocenters. The summed E-state index contributed by atoms with van der Waals surface area (Å²) in [5.74, 6) is 0.0557. The van der Waals surface area contributed by atoms with Crippen molar-refractivity contribution in [2.24, 2.45) is 0 Å². The maximum absolute atomic E-state index is 12.8. The Balaban J connectivity index is 1.39. The average molecular weight is 428 g/mol. The molecular formula is C25H25N5O2. The second-order valence-corrected chi connectivity index (χ2v) is 8.47. The molecule has 0 spiro atoms. The number of nitrogens with zero attached hydrogens (tertiary/aromatic N) is 3. The van der Waals surface area contributed by atoms with Gasteiger partial charge in [-0.3, -0.25) is 14.7 Å². The van der Waals surface area contributed by atoms with E-state index in [9.17, 15) is 9.59 Å². The largest absolute Gasteiger partial charge is 0.339 e. The van der Waals surface area contributed by atoms with Crippen LogP contribution in [0.3, 0.4) is 0 Å². The molecule has 1 aliphatic rings. The Kier molecular flexibility index (Phi) is 5.09. The molecule has 1 fully saturated rings. The number of likely N-dealkylation sites (tertiary alicyclic amines) is 1. The van der Waals surface area contributed by atoms with Crippen LogP contribution < -0.4 is 0 Å². The summed E-state index contributed by atoms with van der Waals surface area (Å²) < 4.78 is 0. The minimum atomic E-state index is -0.0307. The number of aromatic amines is 2. The van der Waals surface area contributed by atoms with Crippen molar-refractivity contribution < 1.29 is 9.59 Å². The zero-order valence-electron chi connectivity index (χ0n) is 18.2. The molecule has 162 valence electrons. The lowest BCUT2D eigenvalue weighted by atomic mass is 10.0. The number of aryl methyl sites for hydroxylation is 1. The summed E-state index contributed by atoms with van der Waals surface area (Å²) in [7, 11) is 0. The molecule has 1 aromatic carbocycles. The van der Waals surface area contributed by atoms with Crippen molar-refractivity contribution in [2.45, 2.75) is 33.1 Å². The number of hydrogen-bond donors (Lipinski definition) is 2. The number of ketones is 1. The number of benzene rings is 1. The van der Waals surface area contributed by atoms with Gasteiger partial charge in [0.1, 0.15) is 11.3 Å². The number of Topliss-reactive ketones (excluding diaryl/α,β-unsaturated/α-hetero) is 1. The van der Waals surface area contributed by atoms with Crippen LogP contribution in [0.1, 0.15) is 50.5 Å². The van der Waals surface area contributed by atoms with Gasteiger partial charge in [0.05, 0.1) is 0 Å². The van der Waals surface area contributed by atoms with E-state index in [1.165, 1.54) is 0 Å². The highest BCUT2D eigenvalue weighted by Gasteiger charge is 2.20. The summed E-state index contributed by atoms with van der Waals surface area (Å²) in [6, 6.07) is 11.7. The molecule has 0 aliphatic carbocycles. The molecule has 1 amide bonds. The Labute approximate surface area is 185 Å². The Bertz CT molecular complexity index is 1330. The topological polar surface area (TPSA) is 94.7 Å². The van der Waals surface area contributed by atoms with Crippen LogP contribution in [0.2, 0.25) is 0 Å². The highest BCUT2D eigenvalue weighted by molar-refractivity contribution is 5.98. The van der Waals surface area contributed by atoms with Crippen LogP contribution in [0, 0.1) is 13.8 Å². The molecule has 3 aromatic heterocycles. The highest BCUT2D eigenvalue weighted by Crippen LogP contribution is 2.26. The lowest BCUT2D eigenvalue weighted by molar-refractivity contribution is 0.0792. The molecule has 0 unspecified atom stereocenters. The van der Waals surface area contributed by atoms with Crippen molar-refractivity contribution in [2.75, 3.05) is 13.1 Å². The van der Waals surface area contributed by atoms with E-state index in [0.717, 1.165) is 65.0 Å². The number of rotatable bonds is 5. The highest BCUT2D eigenvalue weighted by atomic mass is 16.2. The van der Waals surface area contributed by atoms with Gasteiger partial charge >= 0.3 is 0 Å². The summed E-state index contributed by atoms with van der Waals surface area (Å²) in [6.45, 7) is 5.47. The van der Waals surface area contributed by atoms with Crippen molar-refractivity contribution in [1.82, 2.24) is 25.1 Å². The van der Waals surface area contributed by atoms with Gasteiger partial charge in [-0.25, -0.2) is 4.98 Å². The molecule has 4 heterocycles. The van der Waals surface area contributed by atoms with Crippen molar-refractivity contribution in [1.29, 1.82) is 0 Å². The zero-order valence-corrected chi connectivity index (χ0v) is 18.2. The quantitative estimate of drug-likeness (QED) is 0.466. The molecule has 4 aromatic rings. The van der Waals surface area contributed by atoms with E-state index in [0.29, 0.717) is 11.3 Å². The van der Waals surface area contributed by atoms with Crippen LogP contribution >= 0.6 is 0 Å². The van der Waals surface area contributed by atoms with E-state index in [1.54, 1.807) is 6.20 Å². The van der Waals surface area contributed by atoms with Gasteiger partial charge in [-0.2, -0.15) is 5.10 Å². The second-order valence-electron chi connectivity index (χ2n) is 8.47. The van der Waals surface area contributed by atoms with E-state index in [-0.39, 0.29) is 18.1 Å². The van der Waals surface area contributed by atoms with Gasteiger partial charge in [0, 0.05) is 53.6 Å². The van der Waals surface area contributed by atoms with E-state index < -0.39 is 0 Å². The molecule has 2 N–H and O–H groups in total. The number of hydrogen-bond acceptors (Lipinski definition) is 4. The van der Waals surface area contributed by atoms with Crippen molar-refractivity contribution >= 4 is 22.7 Å². The summed E-state index contributed by atoms with van der Waals surface area (Å²) in [5.41, 5.74) is 6.40. The van der Waals surface area contributed by atoms with Crippen molar-refractivity contribution in [3.63, 3.8) is 0 Å². The normalized spacial score (nSPS) is 13.8. The number of fused-ring (bicyclic) bond motifs is 1. The summed E-state index contributed by atoms with van der Waals surface area (Å²) in [6.07, 6.45) is 4.11. The Morgan fingerprint density at radius 1 is 1.09 bits per heavy atom. The fourth-order valence-electron chi connectivity index (χ4n) is 4.26. The molecule has 7 nitrogen and oxygen atoms in total. The van der Waals surface area contributed by atoms with Crippen molar-refractivity contribution in [3.8, 4) is 11.3 Å². The van der Waals surface area contributed by atoms with E-state index in [1.807, 2.05) is 55.1 Å². The Morgan fingerprint density at radius 2 is 1.91 bits per heavy atom. The maximum Gasteiger partial charge on any atom is 0.253 e. The van der Waals surface area contributed by atoms with Crippen LogP contribution in [0.25, 0.3) is 22.3 Å². The molecule has 0 saturated carbocycles. The van der Waals surface area contributed by atoms with Crippen molar-refractivity contribution in [3.05, 3.63) is 70.7 Å². The lowest BCUT2D eigenvalue weighted by Crippen LogP contribution is -2.27. The smallest absolute Gasteiger partial charge is 0.253 e. The van der Waals surface area contributed by atoms with Crippen LogP contribution in [0.4, 0.5) is 0 Å². The second kappa shape index (κ2) is 8.07. The third-order valence-electron chi connectivity index (χ3n) is 6.22. The number of carbonyl (C=O) groups is 2. The van der Waals surface area contributed by atoms with Gasteiger partial charge in [-0.05, 0) is 62.1 Å². The summed E-state index contributed by atoms with van der Waals surface area (Å²) >= 11 is 0. The van der Waals surface area contributed by atoms with Gasteiger partial charge in [0.25, 0.3) is 5.91 Å². The number of amides is 1. The van der Waals surface area contributed by atoms with Gasteiger partial charge in [-0.1, -0.05) is 12.1 Å². The number of pyridine rings is 1. The van der Waals surface area contributed by atoms with E-state index in [4.69, 9.17) is 0 Å². The molecule has 0 radical (unpaired) electrons. The Morgan fingerprint density at radius 3 is 2.66 bits per heavy atom. The van der Waals surface area contributed by atoms with Gasteiger partial charge in [0.2, 0.25) is 0 Å². The number of carbonyl (C=O) groups excluding carboxylic acids is 2. The SMILES string of the molecule is Cc1[nH]nc(C(=O)Cc2cnc3[nH]c(-c4cccc(C(=O)N5CCCC5)c4)cc3c2)c1C. The first-order valence-corrected chi connectivity index (χ1v) is 10.9.